The lowest BCUT2D eigenvalue weighted by Gasteiger charge is -2.17. The Morgan fingerprint density at radius 2 is 1.95 bits per heavy atom. The lowest BCUT2D eigenvalue weighted by atomic mass is 10.1. The number of rotatable bonds is 4. The van der Waals surface area contributed by atoms with Crippen LogP contribution in [-0.2, 0) is 4.79 Å². The van der Waals surface area contributed by atoms with Crippen molar-refractivity contribution in [1.82, 2.24) is 0 Å². The number of benzene rings is 2. The summed E-state index contributed by atoms with van der Waals surface area (Å²) in [5.41, 5.74) is 1.37. The van der Waals surface area contributed by atoms with E-state index in [1.165, 1.54) is 30.3 Å². The van der Waals surface area contributed by atoms with E-state index in [2.05, 4.69) is 21.2 Å². The fourth-order valence-electron chi connectivity index (χ4n) is 1.97. The zero-order valence-electron chi connectivity index (χ0n) is 11.0. The maximum atomic E-state index is 13.4. The van der Waals surface area contributed by atoms with Gasteiger partial charge in [-0.25, -0.2) is 13.6 Å². The maximum Gasteiger partial charge on any atom is 0.330 e. The molecule has 0 aliphatic rings. The second-order valence-electron chi connectivity index (χ2n) is 4.61. The Bertz CT molecular complexity index is 671. The Hall–Kier alpha value is -1.95. The van der Waals surface area contributed by atoms with Crippen LogP contribution in [0.2, 0.25) is 0 Å². The third kappa shape index (κ3) is 3.78. The number of hydrogen-bond donors (Lipinski definition) is 2. The highest BCUT2D eigenvalue weighted by molar-refractivity contribution is 9.10. The van der Waals surface area contributed by atoms with E-state index in [0.29, 0.717) is 16.8 Å². The molecule has 2 N–H and O–H groups in total. The van der Waals surface area contributed by atoms with Crippen molar-refractivity contribution in [3.63, 3.8) is 0 Å². The van der Waals surface area contributed by atoms with Crippen LogP contribution in [0.15, 0.2) is 40.9 Å². The Morgan fingerprint density at radius 3 is 2.52 bits per heavy atom. The molecule has 0 aromatic heterocycles. The van der Waals surface area contributed by atoms with Crippen LogP contribution in [-0.4, -0.2) is 11.1 Å². The number of hydrogen-bond acceptors (Lipinski definition) is 2. The van der Waals surface area contributed by atoms with Gasteiger partial charge >= 0.3 is 5.97 Å². The summed E-state index contributed by atoms with van der Waals surface area (Å²) >= 11 is 3.02. The molecule has 3 nitrogen and oxygen atoms in total. The highest BCUT2D eigenvalue weighted by Gasteiger charge is 2.21. The van der Waals surface area contributed by atoms with E-state index in [-0.39, 0.29) is 4.47 Å². The predicted octanol–water partition coefficient (Wildman–Crippen LogP) is 4.27. The number of aliphatic carboxylic acids is 1. The second kappa shape index (κ2) is 6.22. The van der Waals surface area contributed by atoms with Gasteiger partial charge in [0, 0.05) is 5.69 Å². The lowest BCUT2D eigenvalue weighted by Crippen LogP contribution is -2.20. The van der Waals surface area contributed by atoms with Gasteiger partial charge in [-0.1, -0.05) is 6.07 Å². The quantitative estimate of drug-likeness (QED) is 0.860. The summed E-state index contributed by atoms with van der Waals surface area (Å²) in [6, 6.07) is 7.01. The topological polar surface area (TPSA) is 49.3 Å². The summed E-state index contributed by atoms with van der Waals surface area (Å²) in [6.07, 6.45) is 0. The Balaban J connectivity index is 2.35. The molecule has 0 aliphatic carbocycles. The van der Waals surface area contributed by atoms with Crippen LogP contribution in [0.4, 0.5) is 14.5 Å². The largest absolute Gasteiger partial charge is 0.479 e. The van der Waals surface area contributed by atoms with E-state index in [4.69, 9.17) is 0 Å². The second-order valence-corrected chi connectivity index (χ2v) is 5.46. The van der Waals surface area contributed by atoms with Gasteiger partial charge < -0.3 is 10.4 Å². The van der Waals surface area contributed by atoms with Crippen LogP contribution in [0, 0.1) is 18.6 Å². The fourth-order valence-corrected chi connectivity index (χ4v) is 2.36. The van der Waals surface area contributed by atoms with Crippen molar-refractivity contribution in [1.29, 1.82) is 0 Å². The van der Waals surface area contributed by atoms with E-state index in [0.717, 1.165) is 0 Å². The van der Waals surface area contributed by atoms with E-state index in [9.17, 15) is 18.7 Å². The molecule has 0 spiro atoms. The summed E-state index contributed by atoms with van der Waals surface area (Å²) in [5, 5.41) is 12.1. The van der Waals surface area contributed by atoms with Crippen molar-refractivity contribution in [2.75, 3.05) is 5.32 Å². The molecule has 2 rings (SSSR count). The van der Waals surface area contributed by atoms with Gasteiger partial charge in [0.05, 0.1) is 4.47 Å². The minimum atomic E-state index is -1.14. The zero-order valence-corrected chi connectivity index (χ0v) is 12.6. The third-order valence-electron chi connectivity index (χ3n) is 2.88. The van der Waals surface area contributed by atoms with Gasteiger partial charge in [-0.15, -0.1) is 0 Å². The molecule has 0 saturated heterocycles. The highest BCUT2D eigenvalue weighted by atomic mass is 79.9. The first-order valence-electron chi connectivity index (χ1n) is 6.08. The van der Waals surface area contributed by atoms with Gasteiger partial charge in [0.1, 0.15) is 11.6 Å². The molecule has 0 bridgehead atoms. The van der Waals surface area contributed by atoms with Gasteiger partial charge in [-0.2, -0.15) is 0 Å². The molecule has 0 amide bonds. The number of carboxylic acids is 1. The summed E-state index contributed by atoms with van der Waals surface area (Å²) in [6.45, 7) is 1.71. The van der Waals surface area contributed by atoms with Gasteiger partial charge in [0.25, 0.3) is 0 Å². The monoisotopic (exact) mass is 355 g/mol. The standard InChI is InChI=1S/C15H12BrF2NO2/c1-8-4-10(17)7-11(5-8)19-14(15(20)21)9-2-3-13(18)12(16)6-9/h2-7,14,19H,1H3,(H,20,21). The Labute approximate surface area is 128 Å². The Morgan fingerprint density at radius 1 is 1.24 bits per heavy atom. The van der Waals surface area contributed by atoms with Crippen LogP contribution in [0.25, 0.3) is 0 Å². The molecule has 2 aromatic carbocycles. The van der Waals surface area contributed by atoms with Crippen LogP contribution in [0.1, 0.15) is 17.2 Å². The molecule has 0 aliphatic heterocycles. The van der Waals surface area contributed by atoms with E-state index in [1.807, 2.05) is 0 Å². The number of aryl methyl sites for hydroxylation is 1. The van der Waals surface area contributed by atoms with Gasteiger partial charge in [0.2, 0.25) is 0 Å². The number of carbonyl (C=O) groups is 1. The summed E-state index contributed by atoms with van der Waals surface area (Å²) in [7, 11) is 0. The van der Waals surface area contributed by atoms with Crippen LogP contribution >= 0.6 is 15.9 Å². The van der Waals surface area contributed by atoms with Gasteiger partial charge in [-0.3, -0.25) is 0 Å². The van der Waals surface area contributed by atoms with E-state index < -0.39 is 23.6 Å². The molecule has 0 heterocycles. The van der Waals surface area contributed by atoms with Crippen molar-refractivity contribution in [3.05, 3.63) is 63.6 Å². The van der Waals surface area contributed by atoms with E-state index >= 15 is 0 Å². The fraction of sp³-hybridized carbons (Fsp3) is 0.133. The van der Waals surface area contributed by atoms with Crippen molar-refractivity contribution >= 4 is 27.6 Å². The van der Waals surface area contributed by atoms with Crippen molar-refractivity contribution in [3.8, 4) is 0 Å². The van der Waals surface area contributed by atoms with Crippen molar-refractivity contribution < 1.29 is 18.7 Å². The summed E-state index contributed by atoms with van der Waals surface area (Å²) < 4.78 is 26.8. The molecule has 1 atom stereocenters. The zero-order chi connectivity index (χ0) is 15.6. The van der Waals surface area contributed by atoms with Crippen LogP contribution < -0.4 is 5.32 Å². The molecule has 21 heavy (non-hydrogen) atoms. The first kappa shape index (κ1) is 15.4. The van der Waals surface area contributed by atoms with Crippen LogP contribution in [0.5, 0.6) is 0 Å². The van der Waals surface area contributed by atoms with Crippen LogP contribution in [0.3, 0.4) is 0 Å². The molecule has 110 valence electrons. The van der Waals surface area contributed by atoms with Gasteiger partial charge in [0.15, 0.2) is 6.04 Å². The molecular formula is C15H12BrF2NO2. The minimum absolute atomic E-state index is 0.170. The number of anilines is 1. The van der Waals surface area contributed by atoms with Gasteiger partial charge in [-0.05, 0) is 64.3 Å². The molecule has 0 fully saturated rings. The summed E-state index contributed by atoms with van der Waals surface area (Å²) in [5.74, 6) is -2.08. The number of nitrogens with one attached hydrogen (secondary N) is 1. The van der Waals surface area contributed by atoms with Crippen molar-refractivity contribution in [2.24, 2.45) is 0 Å². The SMILES string of the molecule is Cc1cc(F)cc(NC(C(=O)O)c2ccc(F)c(Br)c2)c1. The lowest BCUT2D eigenvalue weighted by molar-refractivity contribution is -0.138. The average Bonchev–Trinajstić information content (AvgIpc) is 2.38. The van der Waals surface area contributed by atoms with Crippen molar-refractivity contribution in [2.45, 2.75) is 13.0 Å². The number of halogens is 3. The molecule has 0 saturated carbocycles. The first-order valence-corrected chi connectivity index (χ1v) is 6.87. The normalized spacial score (nSPS) is 12.0. The highest BCUT2D eigenvalue weighted by Crippen LogP contribution is 2.25. The number of carboxylic acid groups (broad SMARTS) is 1. The van der Waals surface area contributed by atoms with E-state index in [1.54, 1.807) is 13.0 Å². The maximum absolute atomic E-state index is 13.4. The summed E-state index contributed by atoms with van der Waals surface area (Å²) in [4.78, 5) is 11.4. The average molecular weight is 356 g/mol. The first-order chi connectivity index (χ1) is 9.86. The molecule has 1 unspecified atom stereocenters. The molecular weight excluding hydrogens is 344 g/mol. The molecule has 2 aromatic rings. The molecule has 6 heteroatoms. The smallest absolute Gasteiger partial charge is 0.330 e. The minimum Gasteiger partial charge on any atom is -0.479 e. The molecule has 0 radical (unpaired) electrons. The Kier molecular flexibility index (Phi) is 4.57. The predicted molar refractivity (Wildman–Crippen MR) is 79.2 cm³/mol. The third-order valence-corrected chi connectivity index (χ3v) is 3.48.